The van der Waals surface area contributed by atoms with Crippen molar-refractivity contribution < 1.29 is 13.2 Å². The van der Waals surface area contributed by atoms with Crippen LogP contribution in [0.2, 0.25) is 5.02 Å². The molecule has 25 heavy (non-hydrogen) atoms. The first-order valence-electron chi connectivity index (χ1n) is 9.18. The van der Waals surface area contributed by atoms with Crippen LogP contribution in [0.25, 0.3) is 0 Å². The Hall–Kier alpha value is -0.620. The number of sulfonamides is 1. The molecule has 0 amide bonds. The Morgan fingerprint density at radius 1 is 1.12 bits per heavy atom. The zero-order valence-corrected chi connectivity index (χ0v) is 16.2. The highest BCUT2D eigenvalue weighted by molar-refractivity contribution is 7.88. The van der Waals surface area contributed by atoms with Crippen LogP contribution < -0.4 is 4.72 Å². The van der Waals surface area contributed by atoms with Crippen molar-refractivity contribution in [3.63, 3.8) is 0 Å². The summed E-state index contributed by atoms with van der Waals surface area (Å²) in [6.45, 7) is 0.380. The van der Waals surface area contributed by atoms with Crippen LogP contribution in [0.3, 0.4) is 0 Å². The quantitative estimate of drug-likeness (QED) is 0.816. The second kappa shape index (κ2) is 6.52. The Labute approximate surface area is 155 Å². The number of rotatable bonds is 6. The third kappa shape index (κ3) is 3.25. The second-order valence-corrected chi connectivity index (χ2v) is 10.3. The van der Waals surface area contributed by atoms with Crippen molar-refractivity contribution >= 4 is 21.6 Å². The van der Waals surface area contributed by atoms with Crippen LogP contribution in [0.1, 0.15) is 37.7 Å². The summed E-state index contributed by atoms with van der Waals surface area (Å²) in [5.41, 5.74) is 0.300. The molecule has 6 heteroatoms. The monoisotopic (exact) mass is 383 g/mol. The first kappa shape index (κ1) is 17.8. The summed E-state index contributed by atoms with van der Waals surface area (Å²) < 4.78 is 34.1. The molecule has 138 valence electrons. The molecule has 1 N–H and O–H groups in total. The number of methoxy groups -OCH3 is 1. The highest BCUT2D eigenvalue weighted by atomic mass is 35.5. The SMILES string of the molecule is COC1(CNS(=O)(=O)Cc2ccccc2Cl)C2CC3CC(C2)CC1C3. The molecule has 0 heterocycles. The Kier molecular flexibility index (Phi) is 4.64. The average Bonchev–Trinajstić information content (AvgIpc) is 2.56. The maximum Gasteiger partial charge on any atom is 0.215 e. The van der Waals surface area contributed by atoms with E-state index in [9.17, 15) is 8.42 Å². The molecule has 4 aliphatic carbocycles. The number of hydrogen-bond acceptors (Lipinski definition) is 3. The molecule has 4 fully saturated rings. The van der Waals surface area contributed by atoms with Crippen molar-refractivity contribution in [3.8, 4) is 0 Å². The van der Waals surface area contributed by atoms with Gasteiger partial charge in [-0.1, -0.05) is 29.8 Å². The number of ether oxygens (including phenoxy) is 1. The minimum absolute atomic E-state index is 0.0902. The lowest BCUT2D eigenvalue weighted by Gasteiger charge is -2.60. The molecule has 0 unspecified atom stereocenters. The van der Waals surface area contributed by atoms with Gasteiger partial charge in [0.15, 0.2) is 0 Å². The van der Waals surface area contributed by atoms with Crippen LogP contribution in [0.4, 0.5) is 0 Å². The van der Waals surface area contributed by atoms with Gasteiger partial charge >= 0.3 is 0 Å². The fourth-order valence-corrected chi connectivity index (χ4v) is 7.26. The number of nitrogens with one attached hydrogen (secondary N) is 1. The molecule has 4 saturated carbocycles. The molecular weight excluding hydrogens is 358 g/mol. The van der Waals surface area contributed by atoms with Gasteiger partial charge in [-0.25, -0.2) is 13.1 Å². The maximum atomic E-state index is 12.6. The minimum Gasteiger partial charge on any atom is -0.376 e. The van der Waals surface area contributed by atoms with Crippen molar-refractivity contribution in [2.24, 2.45) is 23.7 Å². The van der Waals surface area contributed by atoms with E-state index in [0.717, 1.165) is 11.8 Å². The molecule has 0 atom stereocenters. The molecular formula is C19H26ClNO3S. The Bertz CT molecular complexity index is 721. The largest absolute Gasteiger partial charge is 0.376 e. The predicted octanol–water partition coefficient (Wildman–Crippen LogP) is 3.60. The van der Waals surface area contributed by atoms with Crippen LogP contribution in [0, 0.1) is 23.7 Å². The van der Waals surface area contributed by atoms with E-state index in [0.29, 0.717) is 29.0 Å². The molecule has 4 aliphatic rings. The molecule has 1 aromatic carbocycles. The lowest BCUT2D eigenvalue weighted by atomic mass is 9.50. The predicted molar refractivity (Wildman–Crippen MR) is 98.9 cm³/mol. The summed E-state index contributed by atoms with van der Waals surface area (Å²) in [5.74, 6) is 2.53. The standard InChI is InChI=1S/C19H26ClNO3S/c1-24-19(16-7-13-6-14(9-16)10-17(19)8-13)12-21-25(22,23)11-15-4-2-3-5-18(15)20/h2-5,13-14,16-17,21H,6-12H2,1H3. The fraction of sp³-hybridized carbons (Fsp3) is 0.684. The van der Waals surface area contributed by atoms with Crippen molar-refractivity contribution in [1.82, 2.24) is 4.72 Å². The average molecular weight is 384 g/mol. The molecule has 4 nitrogen and oxygen atoms in total. The van der Waals surface area contributed by atoms with Crippen LogP contribution in [0.15, 0.2) is 24.3 Å². The lowest BCUT2D eigenvalue weighted by Crippen LogP contribution is -2.63. The van der Waals surface area contributed by atoms with Crippen LogP contribution in [0.5, 0.6) is 0 Å². The molecule has 0 aromatic heterocycles. The lowest BCUT2D eigenvalue weighted by molar-refractivity contribution is -0.185. The summed E-state index contributed by atoms with van der Waals surface area (Å²) in [6, 6.07) is 7.10. The van der Waals surface area contributed by atoms with Crippen molar-refractivity contribution in [3.05, 3.63) is 34.9 Å². The van der Waals surface area contributed by atoms with Gasteiger partial charge in [0.05, 0.1) is 11.4 Å². The molecule has 5 rings (SSSR count). The maximum absolute atomic E-state index is 12.6. The third-order valence-corrected chi connectivity index (χ3v) is 8.42. The first-order valence-corrected chi connectivity index (χ1v) is 11.2. The van der Waals surface area contributed by atoms with E-state index in [4.69, 9.17) is 16.3 Å². The molecule has 1 aromatic rings. The summed E-state index contributed by atoms with van der Waals surface area (Å²) in [7, 11) is -1.70. The van der Waals surface area contributed by atoms with Gasteiger partial charge in [-0.2, -0.15) is 0 Å². The highest BCUT2D eigenvalue weighted by Crippen LogP contribution is 2.59. The van der Waals surface area contributed by atoms with E-state index in [2.05, 4.69) is 4.72 Å². The smallest absolute Gasteiger partial charge is 0.215 e. The second-order valence-electron chi connectivity index (χ2n) is 8.14. The van der Waals surface area contributed by atoms with Gasteiger partial charge in [-0.15, -0.1) is 0 Å². The third-order valence-electron chi connectivity index (χ3n) is 6.77. The Morgan fingerprint density at radius 2 is 1.72 bits per heavy atom. The highest BCUT2D eigenvalue weighted by Gasteiger charge is 2.57. The van der Waals surface area contributed by atoms with Gasteiger partial charge in [0.2, 0.25) is 10.0 Å². The molecule has 4 bridgehead atoms. The van der Waals surface area contributed by atoms with E-state index >= 15 is 0 Å². The number of halogens is 1. The Balaban J connectivity index is 1.48. The minimum atomic E-state index is -3.45. The molecule has 0 aliphatic heterocycles. The molecule has 0 spiro atoms. The van der Waals surface area contributed by atoms with Gasteiger partial charge in [0.25, 0.3) is 0 Å². The topological polar surface area (TPSA) is 55.4 Å². The van der Waals surface area contributed by atoms with Gasteiger partial charge in [0, 0.05) is 18.7 Å². The normalized spacial score (nSPS) is 36.7. The molecule has 0 saturated heterocycles. The summed E-state index contributed by atoms with van der Waals surface area (Å²) >= 11 is 6.12. The van der Waals surface area contributed by atoms with E-state index in [-0.39, 0.29) is 11.4 Å². The van der Waals surface area contributed by atoms with Gasteiger partial charge in [-0.3, -0.25) is 0 Å². The zero-order chi connectivity index (χ0) is 17.7. The van der Waals surface area contributed by atoms with Crippen LogP contribution >= 0.6 is 11.6 Å². The summed E-state index contributed by atoms with van der Waals surface area (Å²) in [6.07, 6.45) is 6.12. The van der Waals surface area contributed by atoms with E-state index < -0.39 is 10.0 Å². The summed E-state index contributed by atoms with van der Waals surface area (Å²) in [5, 5.41) is 0.490. The summed E-state index contributed by atoms with van der Waals surface area (Å²) in [4.78, 5) is 0. The zero-order valence-electron chi connectivity index (χ0n) is 14.6. The number of hydrogen-bond donors (Lipinski definition) is 1. The van der Waals surface area contributed by atoms with Crippen LogP contribution in [-0.4, -0.2) is 27.7 Å². The van der Waals surface area contributed by atoms with Crippen molar-refractivity contribution in [2.75, 3.05) is 13.7 Å². The van der Waals surface area contributed by atoms with Crippen molar-refractivity contribution in [2.45, 2.75) is 43.5 Å². The van der Waals surface area contributed by atoms with E-state index in [1.54, 1.807) is 25.3 Å². The Morgan fingerprint density at radius 3 is 2.28 bits per heavy atom. The molecule has 0 radical (unpaired) electrons. The van der Waals surface area contributed by atoms with E-state index in [1.165, 1.54) is 32.1 Å². The van der Waals surface area contributed by atoms with Gasteiger partial charge < -0.3 is 4.74 Å². The first-order chi connectivity index (χ1) is 11.9. The van der Waals surface area contributed by atoms with E-state index in [1.807, 2.05) is 6.07 Å². The van der Waals surface area contributed by atoms with Gasteiger partial charge in [-0.05, 0) is 67.4 Å². The van der Waals surface area contributed by atoms with Gasteiger partial charge in [0.1, 0.15) is 0 Å². The fourth-order valence-electron chi connectivity index (χ4n) is 5.77. The number of benzene rings is 1. The van der Waals surface area contributed by atoms with Crippen LogP contribution in [-0.2, 0) is 20.5 Å². The van der Waals surface area contributed by atoms with Crippen molar-refractivity contribution in [1.29, 1.82) is 0 Å².